The first-order chi connectivity index (χ1) is 17.3. The van der Waals surface area contributed by atoms with Crippen LogP contribution in [-0.2, 0) is 13.1 Å². The minimum Gasteiger partial charge on any atom is -0.260 e. The molecule has 0 aliphatic carbocycles. The van der Waals surface area contributed by atoms with Crippen LogP contribution in [0.5, 0.6) is 0 Å². The Balaban J connectivity index is 1.28. The summed E-state index contributed by atoms with van der Waals surface area (Å²) in [4.78, 5) is 4.85. The second-order valence-corrected chi connectivity index (χ2v) is 10.9. The number of rotatable bonds is 6. The molecular formula is C32H40N4+2. The fourth-order valence-electron chi connectivity index (χ4n) is 6.22. The number of aryl methyl sites for hydroxylation is 6. The molecular weight excluding hydrogens is 440 g/mol. The van der Waals surface area contributed by atoms with Crippen LogP contribution in [-0.4, -0.2) is 48.0 Å². The van der Waals surface area contributed by atoms with Crippen molar-refractivity contribution < 1.29 is 9.15 Å². The van der Waals surface area contributed by atoms with E-state index in [4.69, 9.17) is 0 Å². The molecule has 2 aliphatic rings. The first-order valence-corrected chi connectivity index (χ1v) is 13.2. The molecule has 4 heteroatoms. The predicted octanol–water partition coefficient (Wildman–Crippen LogP) is 5.66. The molecule has 5 rings (SSSR count). The zero-order valence-corrected chi connectivity index (χ0v) is 22.8. The molecule has 3 aromatic carbocycles. The summed E-state index contributed by atoms with van der Waals surface area (Å²) in [5.41, 5.74) is 13.6. The lowest BCUT2D eigenvalue weighted by atomic mass is 10.0. The summed E-state index contributed by atoms with van der Waals surface area (Å²) < 4.78 is 4.90. The third-order valence-corrected chi connectivity index (χ3v) is 7.47. The van der Waals surface area contributed by atoms with Crippen LogP contribution in [0.2, 0.25) is 0 Å². The number of benzene rings is 3. The third-order valence-electron chi connectivity index (χ3n) is 7.47. The Morgan fingerprint density at radius 2 is 0.972 bits per heavy atom. The number of nitrogens with zero attached hydrogens (tertiary/aromatic N) is 4. The normalized spacial score (nSPS) is 15.5. The summed E-state index contributed by atoms with van der Waals surface area (Å²) in [5, 5.41) is 0. The average Bonchev–Trinajstić information content (AvgIpc) is 3.42. The van der Waals surface area contributed by atoms with Crippen LogP contribution in [0.25, 0.3) is 0 Å². The molecule has 3 aromatic rings. The largest absolute Gasteiger partial charge is 0.260 e. The van der Waals surface area contributed by atoms with Crippen molar-refractivity contribution in [2.75, 3.05) is 36.0 Å². The Bertz CT molecular complexity index is 1220. The van der Waals surface area contributed by atoms with Gasteiger partial charge in [-0.15, -0.1) is 0 Å². The monoisotopic (exact) mass is 480 g/mol. The van der Waals surface area contributed by atoms with Gasteiger partial charge in [-0.3, -0.25) is 9.15 Å². The first kappa shape index (κ1) is 24.3. The van der Waals surface area contributed by atoms with Crippen molar-refractivity contribution >= 4 is 24.1 Å². The molecule has 36 heavy (non-hydrogen) atoms. The average molecular weight is 481 g/mol. The molecule has 0 saturated carbocycles. The fourth-order valence-corrected chi connectivity index (χ4v) is 6.22. The molecule has 0 radical (unpaired) electrons. The summed E-state index contributed by atoms with van der Waals surface area (Å²) in [6.45, 7) is 19.4. The Hall–Kier alpha value is -3.40. The summed E-state index contributed by atoms with van der Waals surface area (Å²) >= 11 is 0. The van der Waals surface area contributed by atoms with Crippen LogP contribution in [0.15, 0.2) is 48.5 Å². The van der Waals surface area contributed by atoms with E-state index in [2.05, 4.69) is 122 Å². The Kier molecular flexibility index (Phi) is 6.70. The molecule has 0 bridgehead atoms. The standard InChI is InChI=1S/C32H40N4/c1-23-14-25(3)31(26(4)15-23)35-12-10-33(21-35)19-29-8-7-9-30(18-29)20-34-11-13-36(22-34)32-27(5)16-24(2)17-28(32)6/h7-9,14-18,21-22H,10-13,19-20H2,1-6H3/q+2. The molecule has 0 atom stereocenters. The van der Waals surface area contributed by atoms with Crippen LogP contribution < -0.4 is 9.80 Å². The zero-order valence-electron chi connectivity index (χ0n) is 22.8. The van der Waals surface area contributed by atoms with Gasteiger partial charge < -0.3 is 0 Å². The molecule has 0 unspecified atom stereocenters. The van der Waals surface area contributed by atoms with Gasteiger partial charge in [0.2, 0.25) is 12.7 Å². The third kappa shape index (κ3) is 5.09. The molecule has 186 valence electrons. The van der Waals surface area contributed by atoms with Gasteiger partial charge in [0.1, 0.15) is 50.6 Å². The van der Waals surface area contributed by atoms with E-state index >= 15 is 0 Å². The van der Waals surface area contributed by atoms with Crippen LogP contribution in [0.1, 0.15) is 44.5 Å². The molecule has 0 fully saturated rings. The predicted molar refractivity (Wildman–Crippen MR) is 152 cm³/mol. The van der Waals surface area contributed by atoms with E-state index in [1.807, 2.05) is 0 Å². The van der Waals surface area contributed by atoms with Gasteiger partial charge in [-0.2, -0.15) is 0 Å². The highest BCUT2D eigenvalue weighted by atomic mass is 15.3. The van der Waals surface area contributed by atoms with E-state index in [0.29, 0.717) is 0 Å². The Labute approximate surface area is 216 Å². The summed E-state index contributed by atoms with van der Waals surface area (Å²) in [7, 11) is 0. The van der Waals surface area contributed by atoms with E-state index in [9.17, 15) is 0 Å². The number of anilines is 2. The van der Waals surface area contributed by atoms with E-state index in [0.717, 1.165) is 39.3 Å². The van der Waals surface area contributed by atoms with Crippen molar-refractivity contribution in [2.24, 2.45) is 0 Å². The Morgan fingerprint density at radius 1 is 0.583 bits per heavy atom. The smallest absolute Gasteiger partial charge is 0.239 e. The van der Waals surface area contributed by atoms with Crippen molar-refractivity contribution in [1.29, 1.82) is 0 Å². The molecule has 0 spiro atoms. The highest BCUT2D eigenvalue weighted by Crippen LogP contribution is 2.28. The van der Waals surface area contributed by atoms with Gasteiger partial charge in [0.25, 0.3) is 0 Å². The molecule has 0 aromatic heterocycles. The quantitative estimate of drug-likeness (QED) is 0.422. The first-order valence-electron chi connectivity index (χ1n) is 13.2. The SMILES string of the molecule is Cc1cc(C)c(N2C=[N+](Cc3cccc(C[N+]4=CN(c5c(C)cc(C)cc5C)CC4)c3)CC2)c(C)c1. The number of hydrogen-bond donors (Lipinski definition) is 0. The fraction of sp³-hybridized carbons (Fsp3) is 0.375. The summed E-state index contributed by atoms with van der Waals surface area (Å²) in [6, 6.07) is 18.3. The van der Waals surface area contributed by atoms with Crippen LogP contribution in [0, 0.1) is 41.5 Å². The van der Waals surface area contributed by atoms with E-state index < -0.39 is 0 Å². The Morgan fingerprint density at radius 3 is 1.36 bits per heavy atom. The van der Waals surface area contributed by atoms with Gasteiger partial charge in [0.15, 0.2) is 0 Å². The molecule has 0 saturated heterocycles. The van der Waals surface area contributed by atoms with E-state index in [1.54, 1.807) is 0 Å². The lowest BCUT2D eigenvalue weighted by Gasteiger charge is -2.13. The molecule has 0 amide bonds. The maximum absolute atomic E-state index is 2.45. The van der Waals surface area contributed by atoms with E-state index in [1.165, 1.54) is 55.9 Å². The van der Waals surface area contributed by atoms with Crippen molar-refractivity contribution in [1.82, 2.24) is 0 Å². The lowest BCUT2D eigenvalue weighted by Crippen LogP contribution is -2.20. The minimum absolute atomic E-state index is 0.950. The second kappa shape index (κ2) is 9.93. The van der Waals surface area contributed by atoms with Crippen molar-refractivity contribution in [2.45, 2.75) is 54.6 Å². The van der Waals surface area contributed by atoms with Crippen molar-refractivity contribution in [3.8, 4) is 0 Å². The summed E-state index contributed by atoms with van der Waals surface area (Å²) in [5.74, 6) is 0. The maximum Gasteiger partial charge on any atom is 0.239 e. The second-order valence-electron chi connectivity index (χ2n) is 10.9. The number of hydrogen-bond acceptors (Lipinski definition) is 2. The molecule has 4 nitrogen and oxygen atoms in total. The van der Waals surface area contributed by atoms with Crippen molar-refractivity contribution in [3.05, 3.63) is 93.0 Å². The topological polar surface area (TPSA) is 12.5 Å². The molecule has 2 heterocycles. The summed E-state index contributed by atoms with van der Waals surface area (Å²) in [6.07, 6.45) is 4.63. The van der Waals surface area contributed by atoms with Gasteiger partial charge in [0, 0.05) is 0 Å². The van der Waals surface area contributed by atoms with Gasteiger partial charge in [-0.25, -0.2) is 9.80 Å². The maximum atomic E-state index is 2.45. The van der Waals surface area contributed by atoms with Gasteiger partial charge in [-0.1, -0.05) is 53.6 Å². The van der Waals surface area contributed by atoms with Crippen LogP contribution in [0.3, 0.4) is 0 Å². The van der Waals surface area contributed by atoms with Gasteiger partial charge in [-0.05, 0) is 81.0 Å². The molecule has 0 N–H and O–H groups in total. The highest BCUT2D eigenvalue weighted by Gasteiger charge is 2.26. The van der Waals surface area contributed by atoms with Crippen LogP contribution in [0.4, 0.5) is 11.4 Å². The zero-order chi connectivity index (χ0) is 25.4. The van der Waals surface area contributed by atoms with Gasteiger partial charge in [0.05, 0.1) is 0 Å². The van der Waals surface area contributed by atoms with Crippen LogP contribution >= 0.6 is 0 Å². The van der Waals surface area contributed by atoms with E-state index in [-0.39, 0.29) is 0 Å². The minimum atomic E-state index is 0.950. The van der Waals surface area contributed by atoms with Crippen molar-refractivity contribution in [3.63, 3.8) is 0 Å². The lowest BCUT2D eigenvalue weighted by molar-refractivity contribution is -0.531. The molecule has 2 aliphatic heterocycles. The highest BCUT2D eigenvalue weighted by molar-refractivity contribution is 5.81. The van der Waals surface area contributed by atoms with Gasteiger partial charge >= 0.3 is 0 Å².